The molecule has 0 saturated heterocycles. The third-order valence-electron chi connectivity index (χ3n) is 5.10. The third-order valence-corrected chi connectivity index (χ3v) is 5.10. The van der Waals surface area contributed by atoms with Crippen molar-refractivity contribution in [3.05, 3.63) is 121 Å². The topological polar surface area (TPSA) is 62.1 Å². The minimum Gasteiger partial charge on any atom is -0.488 e. The number of aromatic nitrogens is 4. The Bertz CT molecular complexity index is 1240. The Kier molecular flexibility index (Phi) is 6.06. The zero-order valence-corrected chi connectivity index (χ0v) is 17.9. The first-order valence-electron chi connectivity index (χ1n) is 10.7. The molecule has 0 radical (unpaired) electrons. The summed E-state index contributed by atoms with van der Waals surface area (Å²) < 4.78 is 14.0. The molecule has 5 aromatic rings. The first-order valence-corrected chi connectivity index (χ1v) is 10.7. The van der Waals surface area contributed by atoms with Crippen LogP contribution in [0.4, 0.5) is 0 Å². The molecule has 0 aliphatic heterocycles. The largest absolute Gasteiger partial charge is 0.488 e. The molecule has 2 aromatic heterocycles. The summed E-state index contributed by atoms with van der Waals surface area (Å²) in [5.41, 5.74) is 4.33. The molecule has 0 atom stereocenters. The van der Waals surface area contributed by atoms with Crippen LogP contribution in [-0.2, 0) is 13.2 Å². The van der Waals surface area contributed by atoms with Gasteiger partial charge in [-0.2, -0.15) is 0 Å². The van der Waals surface area contributed by atoms with Crippen molar-refractivity contribution in [2.75, 3.05) is 0 Å². The highest BCUT2D eigenvalue weighted by atomic mass is 16.5. The van der Waals surface area contributed by atoms with Gasteiger partial charge in [-0.05, 0) is 29.3 Å². The summed E-state index contributed by atoms with van der Waals surface area (Å²) in [4.78, 5) is 4.49. The second kappa shape index (κ2) is 9.78. The van der Waals surface area contributed by atoms with Crippen LogP contribution in [0.2, 0.25) is 0 Å². The van der Waals surface area contributed by atoms with Crippen LogP contribution < -0.4 is 9.47 Å². The van der Waals surface area contributed by atoms with E-state index in [9.17, 15) is 0 Å². The maximum Gasteiger partial charge on any atom is 0.227 e. The van der Waals surface area contributed by atoms with Crippen molar-refractivity contribution in [1.29, 1.82) is 0 Å². The SMILES string of the molecule is c1ccc(COc2ccnc(OCc3ccccc3)c2-c2cn(-c3ccccc3)nn2)cc1. The van der Waals surface area contributed by atoms with Gasteiger partial charge in [0.25, 0.3) is 0 Å². The standard InChI is InChI=1S/C27H22N4O2/c1-4-10-21(11-5-1)19-32-25-16-17-28-27(33-20-22-12-6-2-7-13-22)26(25)24-18-31(30-29-24)23-14-8-3-9-15-23/h1-18H,19-20H2. The van der Waals surface area contributed by atoms with Gasteiger partial charge in [-0.15, -0.1) is 5.10 Å². The van der Waals surface area contributed by atoms with E-state index in [1.54, 1.807) is 10.9 Å². The molecule has 162 valence electrons. The molecule has 0 spiro atoms. The minimum atomic E-state index is 0.385. The average Bonchev–Trinajstić information content (AvgIpc) is 3.38. The Balaban J connectivity index is 1.49. The van der Waals surface area contributed by atoms with Crippen LogP contribution in [0, 0.1) is 0 Å². The molecule has 5 rings (SSSR count). The fourth-order valence-corrected chi connectivity index (χ4v) is 3.44. The number of nitrogens with zero attached hydrogens (tertiary/aromatic N) is 4. The van der Waals surface area contributed by atoms with Gasteiger partial charge in [0.15, 0.2) is 0 Å². The zero-order chi connectivity index (χ0) is 22.3. The normalized spacial score (nSPS) is 10.7. The Hall–Kier alpha value is -4.45. The molecule has 6 heteroatoms. The highest BCUT2D eigenvalue weighted by molar-refractivity contribution is 5.71. The molecule has 0 bridgehead atoms. The monoisotopic (exact) mass is 434 g/mol. The Morgan fingerprint density at radius 2 is 1.27 bits per heavy atom. The van der Waals surface area contributed by atoms with Crippen LogP contribution in [0.5, 0.6) is 11.6 Å². The molecule has 6 nitrogen and oxygen atoms in total. The smallest absolute Gasteiger partial charge is 0.227 e. The summed E-state index contributed by atoms with van der Waals surface area (Å²) in [5.74, 6) is 1.08. The van der Waals surface area contributed by atoms with Crippen LogP contribution >= 0.6 is 0 Å². The number of para-hydroxylation sites is 1. The number of rotatable bonds is 8. The molecule has 2 heterocycles. The first-order chi connectivity index (χ1) is 16.4. The van der Waals surface area contributed by atoms with Gasteiger partial charge >= 0.3 is 0 Å². The highest BCUT2D eigenvalue weighted by Gasteiger charge is 2.19. The van der Waals surface area contributed by atoms with E-state index in [1.807, 2.05) is 103 Å². The lowest BCUT2D eigenvalue weighted by atomic mass is 10.2. The molecule has 0 amide bonds. The van der Waals surface area contributed by atoms with Gasteiger partial charge in [0.05, 0.1) is 11.9 Å². The van der Waals surface area contributed by atoms with Crippen LogP contribution in [0.3, 0.4) is 0 Å². The summed E-state index contributed by atoms with van der Waals surface area (Å²) in [6, 6.07) is 31.7. The van der Waals surface area contributed by atoms with Crippen molar-refractivity contribution in [3.63, 3.8) is 0 Å². The number of benzene rings is 3. The number of hydrogen-bond acceptors (Lipinski definition) is 5. The minimum absolute atomic E-state index is 0.385. The Morgan fingerprint density at radius 3 is 1.94 bits per heavy atom. The van der Waals surface area contributed by atoms with Crippen LogP contribution in [-0.4, -0.2) is 20.0 Å². The Labute approximate surface area is 192 Å². The van der Waals surface area contributed by atoms with E-state index in [0.717, 1.165) is 16.8 Å². The predicted molar refractivity (Wildman–Crippen MR) is 126 cm³/mol. The van der Waals surface area contributed by atoms with Gasteiger partial charge < -0.3 is 9.47 Å². The van der Waals surface area contributed by atoms with E-state index < -0.39 is 0 Å². The molecular formula is C27H22N4O2. The molecule has 0 fully saturated rings. The number of hydrogen-bond donors (Lipinski definition) is 0. The lowest BCUT2D eigenvalue weighted by Crippen LogP contribution is -2.02. The van der Waals surface area contributed by atoms with Gasteiger partial charge in [0.2, 0.25) is 5.88 Å². The number of ether oxygens (including phenoxy) is 2. The van der Waals surface area contributed by atoms with Crippen LogP contribution in [0.25, 0.3) is 16.9 Å². The van der Waals surface area contributed by atoms with E-state index in [4.69, 9.17) is 9.47 Å². The predicted octanol–water partition coefficient (Wildman–Crippen LogP) is 5.49. The van der Waals surface area contributed by atoms with Crippen molar-refractivity contribution >= 4 is 0 Å². The van der Waals surface area contributed by atoms with Crippen molar-refractivity contribution in [2.24, 2.45) is 0 Å². The first kappa shape index (κ1) is 20.5. The van der Waals surface area contributed by atoms with E-state index in [0.29, 0.717) is 36.1 Å². The summed E-state index contributed by atoms with van der Waals surface area (Å²) in [7, 11) is 0. The van der Waals surface area contributed by atoms with Crippen molar-refractivity contribution in [3.8, 4) is 28.6 Å². The van der Waals surface area contributed by atoms with E-state index in [1.165, 1.54) is 0 Å². The summed E-state index contributed by atoms with van der Waals surface area (Å²) >= 11 is 0. The van der Waals surface area contributed by atoms with Gasteiger partial charge in [0, 0.05) is 6.20 Å². The van der Waals surface area contributed by atoms with Crippen molar-refractivity contribution < 1.29 is 9.47 Å². The van der Waals surface area contributed by atoms with Gasteiger partial charge in [-0.3, -0.25) is 0 Å². The van der Waals surface area contributed by atoms with E-state index in [2.05, 4.69) is 15.3 Å². The molecule has 3 aromatic carbocycles. The molecule has 0 aliphatic carbocycles. The van der Waals surface area contributed by atoms with E-state index in [-0.39, 0.29) is 0 Å². The fourth-order valence-electron chi connectivity index (χ4n) is 3.44. The molecule has 0 unspecified atom stereocenters. The average molecular weight is 434 g/mol. The van der Waals surface area contributed by atoms with Crippen molar-refractivity contribution in [2.45, 2.75) is 13.2 Å². The number of pyridine rings is 1. The summed E-state index contributed by atoms with van der Waals surface area (Å²) in [6.07, 6.45) is 3.54. The van der Waals surface area contributed by atoms with Gasteiger partial charge in [0.1, 0.15) is 30.2 Å². The molecule has 33 heavy (non-hydrogen) atoms. The quantitative estimate of drug-likeness (QED) is 0.323. The van der Waals surface area contributed by atoms with Crippen LogP contribution in [0.15, 0.2) is 109 Å². The molecule has 0 N–H and O–H groups in total. The fraction of sp³-hybridized carbons (Fsp3) is 0.0741. The van der Waals surface area contributed by atoms with Crippen LogP contribution in [0.1, 0.15) is 11.1 Å². The lowest BCUT2D eigenvalue weighted by molar-refractivity contribution is 0.283. The molecule has 0 aliphatic rings. The highest BCUT2D eigenvalue weighted by Crippen LogP contribution is 2.36. The molecule has 0 saturated carbocycles. The van der Waals surface area contributed by atoms with Gasteiger partial charge in [-0.1, -0.05) is 84.1 Å². The Morgan fingerprint density at radius 1 is 0.667 bits per heavy atom. The second-order valence-electron chi connectivity index (χ2n) is 7.42. The third kappa shape index (κ3) is 4.91. The maximum absolute atomic E-state index is 6.19. The zero-order valence-electron chi connectivity index (χ0n) is 17.9. The lowest BCUT2D eigenvalue weighted by Gasteiger charge is -2.14. The van der Waals surface area contributed by atoms with Crippen molar-refractivity contribution in [1.82, 2.24) is 20.0 Å². The van der Waals surface area contributed by atoms with Gasteiger partial charge in [-0.25, -0.2) is 9.67 Å². The summed E-state index contributed by atoms with van der Waals surface area (Å²) in [5, 5.41) is 8.72. The molecular weight excluding hydrogens is 412 g/mol. The maximum atomic E-state index is 6.19. The second-order valence-corrected chi connectivity index (χ2v) is 7.42. The van der Waals surface area contributed by atoms with E-state index >= 15 is 0 Å². The summed E-state index contributed by atoms with van der Waals surface area (Å²) in [6.45, 7) is 0.804.